The van der Waals surface area contributed by atoms with Crippen LogP contribution in [0.3, 0.4) is 0 Å². The predicted octanol–water partition coefficient (Wildman–Crippen LogP) is 2.15. The smallest absolute Gasteiger partial charge is 0.313 e. The number of nitrogens with zero attached hydrogens (tertiary/aromatic N) is 1. The molecule has 0 saturated heterocycles. The quantitative estimate of drug-likeness (QED) is 0.884. The van der Waals surface area contributed by atoms with Gasteiger partial charge in [0, 0.05) is 11.8 Å². The molecule has 0 spiro atoms. The minimum Gasteiger partial charge on any atom is -0.313 e. The standard InChI is InChI=1S/C14H15N3O2/c1-9(2)10-3-5-11(6-4-10)13(18)16-12-7-8-15-14(19)17-12/h3-9H,1-2H3,(H2,15,16,17,18,19). The summed E-state index contributed by atoms with van der Waals surface area (Å²) in [5, 5.41) is 2.58. The summed E-state index contributed by atoms with van der Waals surface area (Å²) in [5.74, 6) is 0.376. The first-order valence-electron chi connectivity index (χ1n) is 6.03. The molecule has 0 unspecified atom stereocenters. The fraction of sp³-hybridized carbons (Fsp3) is 0.214. The molecule has 5 nitrogen and oxygen atoms in total. The zero-order valence-electron chi connectivity index (χ0n) is 10.8. The molecule has 0 atom stereocenters. The van der Waals surface area contributed by atoms with Crippen LogP contribution in [0.25, 0.3) is 0 Å². The van der Waals surface area contributed by atoms with Crippen molar-refractivity contribution in [2.75, 3.05) is 5.32 Å². The number of amides is 1. The van der Waals surface area contributed by atoms with Crippen molar-refractivity contribution in [3.8, 4) is 0 Å². The average molecular weight is 257 g/mol. The van der Waals surface area contributed by atoms with E-state index in [1.807, 2.05) is 12.1 Å². The number of benzene rings is 1. The summed E-state index contributed by atoms with van der Waals surface area (Å²) >= 11 is 0. The molecule has 5 heteroatoms. The van der Waals surface area contributed by atoms with Crippen LogP contribution in [0, 0.1) is 0 Å². The first kappa shape index (κ1) is 13.0. The summed E-state index contributed by atoms with van der Waals surface area (Å²) in [7, 11) is 0. The number of rotatable bonds is 3. The highest BCUT2D eigenvalue weighted by Gasteiger charge is 2.07. The highest BCUT2D eigenvalue weighted by Crippen LogP contribution is 2.15. The van der Waals surface area contributed by atoms with Crippen LogP contribution < -0.4 is 11.0 Å². The average Bonchev–Trinajstić information content (AvgIpc) is 2.39. The van der Waals surface area contributed by atoms with Crippen LogP contribution >= 0.6 is 0 Å². The summed E-state index contributed by atoms with van der Waals surface area (Å²) < 4.78 is 0. The van der Waals surface area contributed by atoms with E-state index in [1.54, 1.807) is 12.1 Å². The Kier molecular flexibility index (Phi) is 3.75. The maximum Gasteiger partial charge on any atom is 0.346 e. The fourth-order valence-corrected chi connectivity index (χ4v) is 1.65. The van der Waals surface area contributed by atoms with E-state index in [9.17, 15) is 9.59 Å². The SMILES string of the molecule is CC(C)c1ccc(C(=O)Nc2cc[nH]c(=O)n2)cc1. The van der Waals surface area contributed by atoms with E-state index < -0.39 is 5.69 Å². The third-order valence-corrected chi connectivity index (χ3v) is 2.75. The number of H-pyrrole nitrogens is 1. The summed E-state index contributed by atoms with van der Waals surface area (Å²) in [5.41, 5.74) is 1.21. The number of nitrogens with one attached hydrogen (secondary N) is 2. The van der Waals surface area contributed by atoms with Crippen LogP contribution in [0.4, 0.5) is 5.82 Å². The van der Waals surface area contributed by atoms with Crippen molar-refractivity contribution in [2.45, 2.75) is 19.8 Å². The zero-order chi connectivity index (χ0) is 13.8. The van der Waals surface area contributed by atoms with Gasteiger partial charge in [0.25, 0.3) is 5.91 Å². The molecule has 0 saturated carbocycles. The van der Waals surface area contributed by atoms with Gasteiger partial charge in [-0.2, -0.15) is 4.98 Å². The van der Waals surface area contributed by atoms with E-state index in [2.05, 4.69) is 29.1 Å². The topological polar surface area (TPSA) is 74.8 Å². The minimum absolute atomic E-state index is 0.238. The molecule has 1 heterocycles. The minimum atomic E-state index is -0.493. The molecule has 0 fully saturated rings. The predicted molar refractivity (Wildman–Crippen MR) is 73.3 cm³/mol. The molecule has 19 heavy (non-hydrogen) atoms. The largest absolute Gasteiger partial charge is 0.346 e. The number of aromatic amines is 1. The van der Waals surface area contributed by atoms with Crippen molar-refractivity contribution < 1.29 is 4.79 Å². The van der Waals surface area contributed by atoms with Gasteiger partial charge in [-0.1, -0.05) is 26.0 Å². The van der Waals surface area contributed by atoms with Gasteiger partial charge in [-0.15, -0.1) is 0 Å². The fourth-order valence-electron chi connectivity index (χ4n) is 1.65. The third-order valence-electron chi connectivity index (χ3n) is 2.75. The van der Waals surface area contributed by atoms with Crippen molar-refractivity contribution in [3.05, 3.63) is 58.1 Å². The van der Waals surface area contributed by atoms with Gasteiger partial charge in [-0.3, -0.25) is 4.79 Å². The second-order valence-corrected chi connectivity index (χ2v) is 4.51. The van der Waals surface area contributed by atoms with Crippen molar-refractivity contribution in [1.29, 1.82) is 0 Å². The van der Waals surface area contributed by atoms with Gasteiger partial charge < -0.3 is 10.3 Å². The van der Waals surface area contributed by atoms with Crippen molar-refractivity contribution in [2.24, 2.45) is 0 Å². The van der Waals surface area contributed by atoms with Gasteiger partial charge in [-0.05, 0) is 29.7 Å². The monoisotopic (exact) mass is 257 g/mol. The molecule has 0 aliphatic rings. The molecule has 2 aromatic rings. The molecule has 0 radical (unpaired) electrons. The Morgan fingerprint density at radius 1 is 1.21 bits per heavy atom. The van der Waals surface area contributed by atoms with Crippen LogP contribution in [0.5, 0.6) is 0 Å². The van der Waals surface area contributed by atoms with Gasteiger partial charge in [0.15, 0.2) is 0 Å². The Bertz CT molecular complexity index is 630. The molecule has 0 aliphatic carbocycles. The Morgan fingerprint density at radius 2 is 1.89 bits per heavy atom. The summed E-state index contributed by atoms with van der Waals surface area (Å²) in [6, 6.07) is 8.90. The van der Waals surface area contributed by atoms with Gasteiger partial charge in [0.2, 0.25) is 0 Å². The lowest BCUT2D eigenvalue weighted by molar-refractivity contribution is 0.102. The number of hydrogen-bond donors (Lipinski definition) is 2. The van der Waals surface area contributed by atoms with Crippen molar-refractivity contribution in [1.82, 2.24) is 9.97 Å². The van der Waals surface area contributed by atoms with E-state index in [4.69, 9.17) is 0 Å². The second-order valence-electron chi connectivity index (χ2n) is 4.51. The molecule has 98 valence electrons. The van der Waals surface area contributed by atoms with Gasteiger partial charge >= 0.3 is 5.69 Å². The number of aromatic nitrogens is 2. The van der Waals surface area contributed by atoms with E-state index in [1.165, 1.54) is 17.8 Å². The molecular weight excluding hydrogens is 242 g/mol. The van der Waals surface area contributed by atoms with Crippen LogP contribution in [-0.4, -0.2) is 15.9 Å². The lowest BCUT2D eigenvalue weighted by Gasteiger charge is -2.07. The molecule has 0 aliphatic heterocycles. The van der Waals surface area contributed by atoms with Gasteiger partial charge in [0.05, 0.1) is 0 Å². The summed E-state index contributed by atoms with van der Waals surface area (Å²) in [6.45, 7) is 4.19. The Hall–Kier alpha value is -2.43. The molecule has 1 aromatic heterocycles. The van der Waals surface area contributed by atoms with Crippen molar-refractivity contribution in [3.63, 3.8) is 0 Å². The van der Waals surface area contributed by atoms with Gasteiger partial charge in [0.1, 0.15) is 5.82 Å². The molecule has 1 amide bonds. The van der Waals surface area contributed by atoms with Crippen LogP contribution in [0.15, 0.2) is 41.3 Å². The number of hydrogen-bond acceptors (Lipinski definition) is 3. The molecule has 1 aromatic carbocycles. The number of anilines is 1. The van der Waals surface area contributed by atoms with E-state index in [-0.39, 0.29) is 11.7 Å². The summed E-state index contributed by atoms with van der Waals surface area (Å²) in [4.78, 5) is 29.0. The highest BCUT2D eigenvalue weighted by atomic mass is 16.2. The van der Waals surface area contributed by atoms with E-state index in [0.717, 1.165) is 0 Å². The second kappa shape index (κ2) is 5.48. The number of carbonyl (C=O) groups excluding carboxylic acids is 1. The zero-order valence-corrected chi connectivity index (χ0v) is 10.8. The van der Waals surface area contributed by atoms with Crippen LogP contribution in [-0.2, 0) is 0 Å². The normalized spacial score (nSPS) is 10.5. The molecular formula is C14H15N3O2. The van der Waals surface area contributed by atoms with Crippen LogP contribution in [0.1, 0.15) is 35.7 Å². The lowest BCUT2D eigenvalue weighted by atomic mass is 10.0. The van der Waals surface area contributed by atoms with Crippen LogP contribution in [0.2, 0.25) is 0 Å². The first-order chi connectivity index (χ1) is 9.06. The van der Waals surface area contributed by atoms with E-state index >= 15 is 0 Å². The Labute approximate surface area is 110 Å². The number of carbonyl (C=O) groups is 1. The lowest BCUT2D eigenvalue weighted by Crippen LogP contribution is -2.17. The summed E-state index contributed by atoms with van der Waals surface area (Å²) in [6.07, 6.45) is 1.44. The van der Waals surface area contributed by atoms with Crippen molar-refractivity contribution >= 4 is 11.7 Å². The van der Waals surface area contributed by atoms with Gasteiger partial charge in [-0.25, -0.2) is 4.79 Å². The highest BCUT2D eigenvalue weighted by molar-refractivity contribution is 6.03. The maximum absolute atomic E-state index is 11.9. The molecule has 2 N–H and O–H groups in total. The molecule has 2 rings (SSSR count). The maximum atomic E-state index is 11.9. The first-order valence-corrected chi connectivity index (χ1v) is 6.03. The Morgan fingerprint density at radius 3 is 2.47 bits per heavy atom. The van der Waals surface area contributed by atoms with E-state index in [0.29, 0.717) is 11.5 Å². The Balaban J connectivity index is 2.14. The third kappa shape index (κ3) is 3.28. The molecule has 0 bridgehead atoms.